The summed E-state index contributed by atoms with van der Waals surface area (Å²) in [5.74, 6) is 0. The normalized spacial score (nSPS) is 17.7. The minimum Gasteiger partial charge on any atom is -0.377 e. The van der Waals surface area contributed by atoms with E-state index in [1.807, 2.05) is 12.1 Å². The molecule has 1 aromatic carbocycles. The van der Waals surface area contributed by atoms with Gasteiger partial charge in [-0.15, -0.1) is 0 Å². The Bertz CT molecular complexity index is 433. The maximum Gasteiger partial charge on any atom is 0.315 e. The number of benzene rings is 1. The maximum absolute atomic E-state index is 11.6. The number of carbonyl (C=O) groups is 1. The first-order chi connectivity index (χ1) is 10.2. The Morgan fingerprint density at radius 1 is 1.33 bits per heavy atom. The number of halogens is 1. The van der Waals surface area contributed by atoms with E-state index in [4.69, 9.17) is 21.1 Å². The van der Waals surface area contributed by atoms with Gasteiger partial charge < -0.3 is 20.1 Å². The number of rotatable bonds is 7. The number of hydrogen-bond acceptors (Lipinski definition) is 3. The quantitative estimate of drug-likeness (QED) is 0.760. The first-order valence-electron chi connectivity index (χ1n) is 7.19. The van der Waals surface area contributed by atoms with Crippen molar-refractivity contribution in [3.8, 4) is 0 Å². The number of nitrogens with one attached hydrogen (secondary N) is 2. The highest BCUT2D eigenvalue weighted by molar-refractivity contribution is 6.30. The Labute approximate surface area is 130 Å². The van der Waals surface area contributed by atoms with Crippen LogP contribution in [0.25, 0.3) is 0 Å². The van der Waals surface area contributed by atoms with E-state index in [0.29, 0.717) is 31.3 Å². The van der Waals surface area contributed by atoms with Gasteiger partial charge in [0.15, 0.2) is 0 Å². The predicted molar refractivity (Wildman–Crippen MR) is 81.5 cm³/mol. The molecule has 2 amide bonds. The highest BCUT2D eigenvalue weighted by Crippen LogP contribution is 2.11. The van der Waals surface area contributed by atoms with Crippen molar-refractivity contribution in [2.75, 3.05) is 26.4 Å². The summed E-state index contributed by atoms with van der Waals surface area (Å²) in [7, 11) is 0. The fraction of sp³-hybridized carbons (Fsp3) is 0.533. The lowest BCUT2D eigenvalue weighted by Crippen LogP contribution is -2.37. The molecule has 6 heteroatoms. The fourth-order valence-corrected chi connectivity index (χ4v) is 2.20. The third-order valence-corrected chi connectivity index (χ3v) is 3.48. The molecule has 1 aliphatic heterocycles. The van der Waals surface area contributed by atoms with Gasteiger partial charge in [-0.05, 0) is 30.5 Å². The van der Waals surface area contributed by atoms with Crippen LogP contribution >= 0.6 is 11.6 Å². The average Bonchev–Trinajstić information content (AvgIpc) is 2.99. The maximum atomic E-state index is 11.6. The van der Waals surface area contributed by atoms with Crippen LogP contribution in [-0.4, -0.2) is 38.5 Å². The largest absolute Gasteiger partial charge is 0.377 e. The van der Waals surface area contributed by atoms with Crippen LogP contribution in [0.3, 0.4) is 0 Å². The molecule has 0 saturated carbocycles. The molecule has 2 N–H and O–H groups in total. The van der Waals surface area contributed by atoms with Gasteiger partial charge in [-0.3, -0.25) is 0 Å². The highest BCUT2D eigenvalue weighted by atomic mass is 35.5. The molecular weight excluding hydrogens is 292 g/mol. The summed E-state index contributed by atoms with van der Waals surface area (Å²) >= 11 is 5.80. The minimum atomic E-state index is -0.203. The van der Waals surface area contributed by atoms with E-state index < -0.39 is 0 Å². The number of carbonyl (C=O) groups excluding carboxylic acids is 1. The van der Waals surface area contributed by atoms with E-state index in [1.165, 1.54) is 0 Å². The summed E-state index contributed by atoms with van der Waals surface area (Å²) in [4.78, 5) is 11.6. The third kappa shape index (κ3) is 6.33. The summed E-state index contributed by atoms with van der Waals surface area (Å²) in [5.41, 5.74) is 1.00. The van der Waals surface area contributed by atoms with Crippen molar-refractivity contribution in [3.63, 3.8) is 0 Å². The molecule has 116 valence electrons. The third-order valence-electron chi connectivity index (χ3n) is 3.23. The summed E-state index contributed by atoms with van der Waals surface area (Å²) in [6, 6.07) is 7.16. The van der Waals surface area contributed by atoms with Gasteiger partial charge in [0, 0.05) is 24.7 Å². The van der Waals surface area contributed by atoms with Crippen molar-refractivity contribution >= 4 is 17.6 Å². The lowest BCUT2D eigenvalue weighted by atomic mass is 10.2. The lowest BCUT2D eigenvalue weighted by molar-refractivity contribution is 0.0188. The molecule has 1 heterocycles. The number of urea groups is 1. The summed E-state index contributed by atoms with van der Waals surface area (Å²) in [5, 5.41) is 6.21. The van der Waals surface area contributed by atoms with Gasteiger partial charge in [-0.2, -0.15) is 0 Å². The molecule has 0 aliphatic carbocycles. The van der Waals surface area contributed by atoms with E-state index in [9.17, 15) is 4.79 Å². The zero-order valence-corrected chi connectivity index (χ0v) is 12.7. The van der Waals surface area contributed by atoms with Gasteiger partial charge in [0.2, 0.25) is 0 Å². The number of amides is 2. The van der Waals surface area contributed by atoms with E-state index in [2.05, 4.69) is 10.6 Å². The standard InChI is InChI=1S/C15H21ClN2O3/c16-13-5-3-12(4-6-13)10-18-15(19)17-7-9-20-11-14-2-1-8-21-14/h3-6,14H,1-2,7-11H2,(H2,17,18,19). The Morgan fingerprint density at radius 2 is 2.14 bits per heavy atom. The first kappa shape index (κ1) is 16.1. The molecule has 5 nitrogen and oxygen atoms in total. The zero-order valence-electron chi connectivity index (χ0n) is 11.9. The summed E-state index contributed by atoms with van der Waals surface area (Å²) < 4.78 is 10.9. The topological polar surface area (TPSA) is 59.6 Å². The van der Waals surface area contributed by atoms with Crippen molar-refractivity contribution in [1.82, 2.24) is 10.6 Å². The van der Waals surface area contributed by atoms with E-state index in [0.717, 1.165) is 25.0 Å². The molecule has 0 spiro atoms. The van der Waals surface area contributed by atoms with Gasteiger partial charge >= 0.3 is 6.03 Å². The Balaban J connectivity index is 1.50. The van der Waals surface area contributed by atoms with Crippen LogP contribution in [0.2, 0.25) is 5.02 Å². The predicted octanol–water partition coefficient (Wildman–Crippen LogP) is 2.33. The number of hydrogen-bond donors (Lipinski definition) is 2. The molecular formula is C15H21ClN2O3. The molecule has 1 aromatic rings. The summed E-state index contributed by atoms with van der Waals surface area (Å²) in [6.45, 7) is 2.89. The molecule has 0 aromatic heterocycles. The van der Waals surface area contributed by atoms with Crippen LogP contribution in [0.5, 0.6) is 0 Å². The van der Waals surface area contributed by atoms with Crippen LogP contribution in [0.15, 0.2) is 24.3 Å². The second kappa shape index (κ2) is 8.87. The van der Waals surface area contributed by atoms with Crippen LogP contribution in [0.4, 0.5) is 4.79 Å². The van der Waals surface area contributed by atoms with Gasteiger partial charge in [0.25, 0.3) is 0 Å². The van der Waals surface area contributed by atoms with Crippen molar-refractivity contribution in [1.29, 1.82) is 0 Å². The number of ether oxygens (including phenoxy) is 2. The van der Waals surface area contributed by atoms with E-state index in [1.54, 1.807) is 12.1 Å². The van der Waals surface area contributed by atoms with Crippen LogP contribution in [-0.2, 0) is 16.0 Å². The van der Waals surface area contributed by atoms with Crippen molar-refractivity contribution in [2.24, 2.45) is 0 Å². The van der Waals surface area contributed by atoms with Crippen LogP contribution < -0.4 is 10.6 Å². The molecule has 1 atom stereocenters. The van der Waals surface area contributed by atoms with Gasteiger partial charge in [0.05, 0.1) is 19.3 Å². The second-order valence-electron chi connectivity index (χ2n) is 4.95. The first-order valence-corrected chi connectivity index (χ1v) is 7.57. The molecule has 2 rings (SSSR count). The molecule has 0 radical (unpaired) electrons. The van der Waals surface area contributed by atoms with E-state index in [-0.39, 0.29) is 12.1 Å². The van der Waals surface area contributed by atoms with Crippen LogP contribution in [0.1, 0.15) is 18.4 Å². The van der Waals surface area contributed by atoms with Crippen LogP contribution in [0, 0.1) is 0 Å². The Kier molecular flexibility index (Phi) is 6.79. The second-order valence-corrected chi connectivity index (χ2v) is 5.38. The lowest BCUT2D eigenvalue weighted by Gasteiger charge is -2.11. The summed E-state index contributed by atoms with van der Waals surface area (Å²) in [6.07, 6.45) is 2.40. The SMILES string of the molecule is O=C(NCCOCC1CCCO1)NCc1ccc(Cl)cc1. The minimum absolute atomic E-state index is 0.203. The molecule has 1 aliphatic rings. The van der Waals surface area contributed by atoms with Gasteiger partial charge in [-0.1, -0.05) is 23.7 Å². The molecule has 1 fully saturated rings. The smallest absolute Gasteiger partial charge is 0.315 e. The molecule has 21 heavy (non-hydrogen) atoms. The average molecular weight is 313 g/mol. The Hall–Kier alpha value is -1.30. The zero-order chi connectivity index (χ0) is 14.9. The van der Waals surface area contributed by atoms with Crippen molar-refractivity contribution in [3.05, 3.63) is 34.9 Å². The van der Waals surface area contributed by atoms with Crippen molar-refractivity contribution in [2.45, 2.75) is 25.5 Å². The highest BCUT2D eigenvalue weighted by Gasteiger charge is 2.14. The molecule has 0 bridgehead atoms. The molecule has 1 saturated heterocycles. The fourth-order valence-electron chi connectivity index (χ4n) is 2.07. The van der Waals surface area contributed by atoms with Gasteiger partial charge in [-0.25, -0.2) is 4.79 Å². The van der Waals surface area contributed by atoms with E-state index >= 15 is 0 Å². The molecule has 1 unspecified atom stereocenters. The monoisotopic (exact) mass is 312 g/mol. The van der Waals surface area contributed by atoms with Crippen molar-refractivity contribution < 1.29 is 14.3 Å². The van der Waals surface area contributed by atoms with Gasteiger partial charge in [0.1, 0.15) is 0 Å². The Morgan fingerprint density at radius 3 is 2.86 bits per heavy atom.